The number of benzene rings is 10. The fourth-order valence-corrected chi connectivity index (χ4v) is 13.6. The molecule has 316 valence electrons. The molecule has 0 heterocycles. The molecule has 0 fully saturated rings. The zero-order valence-electron chi connectivity index (χ0n) is 37.9. The average Bonchev–Trinajstić information content (AvgIpc) is 3.34. The molecule has 0 atom stereocenters. The van der Waals surface area contributed by atoms with Crippen molar-refractivity contribution in [3.63, 3.8) is 0 Å². The Kier molecular flexibility index (Phi) is 11.8. The van der Waals surface area contributed by atoms with Crippen molar-refractivity contribution >= 4 is 127 Å². The second-order valence-corrected chi connectivity index (χ2v) is 35.4. The number of hydrogen-bond acceptors (Lipinski definition) is 2. The third-order valence-corrected chi connectivity index (χ3v) is 20.7. The molecule has 0 aliphatic carbocycles. The van der Waals surface area contributed by atoms with Gasteiger partial charge < -0.3 is 0 Å². The molecule has 0 saturated carbocycles. The number of hydrogen-bond donors (Lipinski definition) is 0. The van der Waals surface area contributed by atoms with Crippen LogP contribution < -0.4 is 18.6 Å². The molecule has 0 aliphatic heterocycles. The monoisotopic (exact) mass is 962 g/mol. The van der Waals surface area contributed by atoms with Gasteiger partial charge >= 0.3 is 334 Å². The summed E-state index contributed by atoms with van der Waals surface area (Å²) < 4.78 is 3.02. The van der Waals surface area contributed by atoms with E-state index in [1.807, 2.05) is 0 Å². The van der Waals surface area contributed by atoms with Gasteiger partial charge in [0.05, 0.1) is 0 Å². The normalized spacial score (nSPS) is 12.1. The first-order valence-electron chi connectivity index (χ1n) is 22.9. The fourth-order valence-electron chi connectivity index (χ4n) is 9.12. The minimum absolute atomic E-state index is 1.13. The number of nitrogens with zero attached hydrogens (tertiary/aromatic N) is 2. The van der Waals surface area contributed by atoms with E-state index in [2.05, 4.69) is 269 Å². The molecule has 0 saturated heterocycles. The van der Waals surface area contributed by atoms with Gasteiger partial charge in [0, 0.05) is 0 Å². The molecule has 0 spiro atoms. The van der Waals surface area contributed by atoms with Crippen LogP contribution in [0.5, 0.6) is 0 Å². The van der Waals surface area contributed by atoms with Gasteiger partial charge in [0.2, 0.25) is 0 Å². The third kappa shape index (κ3) is 8.81. The summed E-state index contributed by atoms with van der Waals surface area (Å²) >= 11 is -3.51. The van der Waals surface area contributed by atoms with E-state index in [1.54, 1.807) is 0 Å². The van der Waals surface area contributed by atoms with Crippen molar-refractivity contribution in [3.8, 4) is 0 Å². The van der Waals surface area contributed by atoms with E-state index in [1.165, 1.54) is 74.7 Å². The van der Waals surface area contributed by atoms with Crippen molar-refractivity contribution in [1.82, 2.24) is 0 Å². The standard InChI is InChI=1S/C61H54Ge2N2/c1-62(2)50-28-36-54(37-29-50)64(52-32-20-46(21-33-52)18-16-44-12-8-6-9-13-44)58-42-26-48-25-41-57-59(43-27-49-24-40-56(58)60(48)61(49)57)65(55-38-30-51(31-39-55)63(3,4)5)53-34-22-47(23-35-53)19-17-45-14-10-7-11-15-45/h6-43,62H,1-5H3/b18-16+,19-17+. The SMILES string of the molecule is [CH3][GeH]([CH3])[c]1ccc(N(c2ccc(/C=C/c3ccccc3)cc2)c2ccc3ccc4c(N(c5ccc(/C=C/c6ccccc6)cc5)c5cc[c]([Ge]([CH3])([CH3])[CH3])cc5)ccc5ccc2c3c54)cc1. The molecule has 65 heavy (non-hydrogen) atoms. The van der Waals surface area contributed by atoms with E-state index in [9.17, 15) is 0 Å². The van der Waals surface area contributed by atoms with Crippen molar-refractivity contribution in [2.45, 2.75) is 28.8 Å². The van der Waals surface area contributed by atoms with Crippen LogP contribution in [0, 0.1) is 0 Å². The van der Waals surface area contributed by atoms with Crippen LogP contribution in [0.2, 0.25) is 28.8 Å². The Bertz CT molecular complexity index is 3280. The second kappa shape index (κ2) is 18.1. The van der Waals surface area contributed by atoms with E-state index in [0.717, 1.165) is 22.7 Å². The Labute approximate surface area is 391 Å². The second-order valence-electron chi connectivity index (χ2n) is 18.5. The summed E-state index contributed by atoms with van der Waals surface area (Å²) in [6.07, 6.45) is 8.76. The zero-order valence-corrected chi connectivity index (χ0v) is 42.4. The van der Waals surface area contributed by atoms with Gasteiger partial charge in [-0.25, -0.2) is 0 Å². The summed E-state index contributed by atoms with van der Waals surface area (Å²) in [4.78, 5) is 4.91. The van der Waals surface area contributed by atoms with E-state index in [-0.39, 0.29) is 0 Å². The van der Waals surface area contributed by atoms with Gasteiger partial charge in [-0.1, -0.05) is 60.7 Å². The van der Waals surface area contributed by atoms with Crippen LogP contribution >= 0.6 is 0 Å². The van der Waals surface area contributed by atoms with Crippen LogP contribution in [0.1, 0.15) is 22.3 Å². The van der Waals surface area contributed by atoms with Crippen LogP contribution in [0.4, 0.5) is 34.1 Å². The summed E-state index contributed by atoms with van der Waals surface area (Å²) in [6.45, 7) is 0. The molecule has 0 amide bonds. The Balaban J connectivity index is 1.11. The maximum atomic E-state index is 2.47. The van der Waals surface area contributed by atoms with Crippen molar-refractivity contribution in [3.05, 3.63) is 229 Å². The predicted molar refractivity (Wildman–Crippen MR) is 292 cm³/mol. The van der Waals surface area contributed by atoms with Crippen LogP contribution in [0.3, 0.4) is 0 Å². The Morgan fingerprint density at radius 2 is 0.692 bits per heavy atom. The molecule has 4 heteroatoms. The van der Waals surface area contributed by atoms with Crippen molar-refractivity contribution in [2.75, 3.05) is 9.80 Å². The third-order valence-electron chi connectivity index (χ3n) is 12.7. The predicted octanol–water partition coefficient (Wildman–Crippen LogP) is 16.1. The number of rotatable bonds is 12. The van der Waals surface area contributed by atoms with Gasteiger partial charge in [0.1, 0.15) is 0 Å². The molecular formula is C61H54Ge2N2. The maximum absolute atomic E-state index is 2.47. The van der Waals surface area contributed by atoms with Crippen molar-refractivity contribution in [1.29, 1.82) is 0 Å². The van der Waals surface area contributed by atoms with Crippen LogP contribution in [-0.4, -0.2) is 27.6 Å². The molecular weight excluding hydrogens is 906 g/mol. The van der Waals surface area contributed by atoms with Gasteiger partial charge in [-0.15, -0.1) is 0 Å². The van der Waals surface area contributed by atoms with Crippen LogP contribution in [0.25, 0.3) is 56.6 Å². The average molecular weight is 960 g/mol. The zero-order chi connectivity index (χ0) is 44.5. The molecule has 10 aromatic carbocycles. The molecule has 0 bridgehead atoms. The molecule has 0 radical (unpaired) electrons. The first kappa shape index (κ1) is 42.4. The molecule has 0 aromatic heterocycles. The van der Waals surface area contributed by atoms with Crippen LogP contribution in [0.15, 0.2) is 206 Å². The summed E-state index contributed by atoms with van der Waals surface area (Å²) in [5.41, 5.74) is 11.6. The first-order chi connectivity index (χ1) is 31.7. The van der Waals surface area contributed by atoms with Crippen molar-refractivity contribution in [2.24, 2.45) is 0 Å². The first-order valence-corrected chi connectivity index (χ1v) is 36.3. The summed E-state index contributed by atoms with van der Waals surface area (Å²) in [5, 5.41) is 7.53. The van der Waals surface area contributed by atoms with Crippen molar-refractivity contribution < 1.29 is 0 Å². The minimum atomic E-state index is -2.05. The molecule has 2 nitrogen and oxygen atoms in total. The summed E-state index contributed by atoms with van der Waals surface area (Å²) in [5.74, 6) is 12.3. The van der Waals surface area contributed by atoms with E-state index in [0.29, 0.717) is 0 Å². The van der Waals surface area contributed by atoms with E-state index < -0.39 is 27.6 Å². The molecule has 10 rings (SSSR count). The van der Waals surface area contributed by atoms with Gasteiger partial charge in [-0.05, 0) is 0 Å². The van der Waals surface area contributed by atoms with Crippen LogP contribution in [-0.2, 0) is 0 Å². The Hall–Kier alpha value is -6.59. The number of anilines is 6. The molecule has 0 aliphatic rings. The summed E-state index contributed by atoms with van der Waals surface area (Å²) in [7, 11) is 0. The van der Waals surface area contributed by atoms with Gasteiger partial charge in [-0.3, -0.25) is 0 Å². The Morgan fingerprint density at radius 1 is 0.354 bits per heavy atom. The fraction of sp³-hybridized carbons (Fsp3) is 0.0820. The van der Waals surface area contributed by atoms with Gasteiger partial charge in [-0.2, -0.15) is 0 Å². The van der Waals surface area contributed by atoms with E-state index >= 15 is 0 Å². The molecule has 10 aromatic rings. The summed E-state index contributed by atoms with van der Waals surface area (Å²) in [6, 6.07) is 76.4. The quantitative estimate of drug-likeness (QED) is 0.0684. The topological polar surface area (TPSA) is 6.48 Å². The molecule has 0 unspecified atom stereocenters. The van der Waals surface area contributed by atoms with Gasteiger partial charge in [0.25, 0.3) is 0 Å². The molecule has 0 N–H and O–H groups in total. The van der Waals surface area contributed by atoms with E-state index in [4.69, 9.17) is 0 Å². The van der Waals surface area contributed by atoms with Gasteiger partial charge in [0.15, 0.2) is 0 Å². The Morgan fingerprint density at radius 3 is 1.06 bits per heavy atom.